The van der Waals surface area contributed by atoms with Gasteiger partial charge in [0, 0.05) is 31.6 Å². The van der Waals surface area contributed by atoms with Crippen LogP contribution in [0.4, 0.5) is 17.6 Å². The molecule has 3 rings (SSSR count). The predicted molar refractivity (Wildman–Crippen MR) is 96.0 cm³/mol. The van der Waals surface area contributed by atoms with E-state index in [4.69, 9.17) is 14.6 Å². The molecule has 6 nitrogen and oxygen atoms in total. The first-order valence-corrected chi connectivity index (χ1v) is 9.14. The highest BCUT2D eigenvalue weighted by Gasteiger charge is 2.40. The van der Waals surface area contributed by atoms with Gasteiger partial charge in [-0.2, -0.15) is 13.2 Å². The Bertz CT molecular complexity index is 728. The molecule has 1 spiro atoms. The third-order valence-electron chi connectivity index (χ3n) is 4.93. The minimum Gasteiger partial charge on any atom is -0.475 e. The minimum absolute atomic E-state index is 0.0234. The van der Waals surface area contributed by atoms with Crippen molar-refractivity contribution in [3.8, 4) is 0 Å². The Balaban J connectivity index is 0.000000370. The van der Waals surface area contributed by atoms with Crippen molar-refractivity contribution in [2.45, 2.75) is 19.0 Å². The van der Waals surface area contributed by atoms with Crippen molar-refractivity contribution in [3.05, 3.63) is 35.6 Å². The minimum atomic E-state index is -5.08. The molecular weight excluding hydrogens is 396 g/mol. The van der Waals surface area contributed by atoms with Crippen LogP contribution >= 0.6 is 0 Å². The van der Waals surface area contributed by atoms with Gasteiger partial charge in [0.05, 0.1) is 18.8 Å². The summed E-state index contributed by atoms with van der Waals surface area (Å²) in [6.07, 6.45) is -3.09. The van der Waals surface area contributed by atoms with E-state index in [2.05, 4.69) is 11.9 Å². The molecule has 1 amide bonds. The van der Waals surface area contributed by atoms with E-state index in [0.29, 0.717) is 19.7 Å². The number of amides is 1. The average Bonchev–Trinajstić information content (AvgIpc) is 2.82. The second-order valence-corrected chi connectivity index (χ2v) is 7.40. The van der Waals surface area contributed by atoms with Crippen LogP contribution in [-0.2, 0) is 9.53 Å². The molecule has 0 aromatic heterocycles. The fraction of sp³-hybridized carbons (Fsp3) is 0.579. The van der Waals surface area contributed by atoms with Crippen molar-refractivity contribution in [3.63, 3.8) is 0 Å². The number of ether oxygens (including phenoxy) is 1. The molecule has 1 atom stereocenters. The SMILES string of the molecule is CN1CCOCC2(CCCN(C(=O)c3ccccc3F)C2)C1.O=C(O)C(F)(F)F. The summed E-state index contributed by atoms with van der Waals surface area (Å²) < 4.78 is 51.4. The number of likely N-dealkylation sites (tertiary alicyclic amines) is 1. The molecule has 2 saturated heterocycles. The number of carbonyl (C=O) groups is 2. The van der Waals surface area contributed by atoms with Gasteiger partial charge in [0.2, 0.25) is 0 Å². The van der Waals surface area contributed by atoms with E-state index in [1.54, 1.807) is 23.1 Å². The van der Waals surface area contributed by atoms with Gasteiger partial charge in [-0.25, -0.2) is 9.18 Å². The lowest BCUT2D eigenvalue weighted by atomic mass is 9.80. The third-order valence-corrected chi connectivity index (χ3v) is 4.93. The average molecular weight is 420 g/mol. The number of halogens is 4. The smallest absolute Gasteiger partial charge is 0.475 e. The van der Waals surface area contributed by atoms with Crippen LogP contribution in [0.5, 0.6) is 0 Å². The Kier molecular flexibility index (Phi) is 7.59. The normalized spacial score (nSPS) is 23.1. The number of carbonyl (C=O) groups excluding carboxylic acids is 1. The lowest BCUT2D eigenvalue weighted by Crippen LogP contribution is -2.51. The van der Waals surface area contributed by atoms with Crippen LogP contribution in [0.2, 0.25) is 0 Å². The van der Waals surface area contributed by atoms with E-state index in [0.717, 1.165) is 32.5 Å². The van der Waals surface area contributed by atoms with E-state index in [1.165, 1.54) is 6.07 Å². The van der Waals surface area contributed by atoms with Gasteiger partial charge < -0.3 is 19.6 Å². The number of carboxylic acids is 1. The fourth-order valence-corrected chi connectivity index (χ4v) is 3.64. The summed E-state index contributed by atoms with van der Waals surface area (Å²) in [6, 6.07) is 6.22. The molecule has 1 aromatic rings. The van der Waals surface area contributed by atoms with Gasteiger partial charge >= 0.3 is 12.1 Å². The Hall–Kier alpha value is -2.20. The van der Waals surface area contributed by atoms with E-state index < -0.39 is 18.0 Å². The second kappa shape index (κ2) is 9.53. The Morgan fingerprint density at radius 3 is 2.45 bits per heavy atom. The first kappa shape index (κ1) is 23.1. The van der Waals surface area contributed by atoms with E-state index in [1.807, 2.05) is 0 Å². The zero-order chi connectivity index (χ0) is 21.7. The largest absolute Gasteiger partial charge is 0.490 e. The number of likely N-dealkylation sites (N-methyl/N-ethyl adjacent to an activating group) is 1. The summed E-state index contributed by atoms with van der Waals surface area (Å²) in [4.78, 5) is 25.6. The Morgan fingerprint density at radius 1 is 1.17 bits per heavy atom. The first-order chi connectivity index (χ1) is 13.5. The predicted octanol–water partition coefficient (Wildman–Crippen LogP) is 2.64. The highest BCUT2D eigenvalue weighted by Crippen LogP contribution is 2.33. The molecule has 0 bridgehead atoms. The molecule has 0 aliphatic carbocycles. The molecule has 1 N–H and O–H groups in total. The summed E-state index contributed by atoms with van der Waals surface area (Å²) in [7, 11) is 2.09. The first-order valence-electron chi connectivity index (χ1n) is 9.14. The molecular formula is C19H24F4N2O4. The highest BCUT2D eigenvalue weighted by atomic mass is 19.4. The lowest BCUT2D eigenvalue weighted by molar-refractivity contribution is -0.192. The van der Waals surface area contributed by atoms with Crippen molar-refractivity contribution < 1.29 is 37.0 Å². The molecule has 29 heavy (non-hydrogen) atoms. The van der Waals surface area contributed by atoms with Gasteiger partial charge in [0.15, 0.2) is 0 Å². The Labute approximate surface area is 166 Å². The van der Waals surface area contributed by atoms with Crippen LogP contribution in [0.15, 0.2) is 24.3 Å². The van der Waals surface area contributed by atoms with Crippen molar-refractivity contribution in [2.75, 3.05) is 46.4 Å². The summed E-state index contributed by atoms with van der Waals surface area (Å²) in [5, 5.41) is 7.12. The number of carboxylic acid groups (broad SMARTS) is 1. The number of hydrogen-bond donors (Lipinski definition) is 1. The maximum Gasteiger partial charge on any atom is 0.490 e. The lowest BCUT2D eigenvalue weighted by Gasteiger charge is -2.43. The van der Waals surface area contributed by atoms with Crippen LogP contribution in [-0.4, -0.2) is 79.4 Å². The van der Waals surface area contributed by atoms with Gasteiger partial charge in [0.25, 0.3) is 5.91 Å². The summed E-state index contributed by atoms with van der Waals surface area (Å²) >= 11 is 0. The quantitative estimate of drug-likeness (QED) is 0.708. The van der Waals surface area contributed by atoms with E-state index >= 15 is 0 Å². The number of hydrogen-bond acceptors (Lipinski definition) is 4. The van der Waals surface area contributed by atoms with Crippen LogP contribution in [0.25, 0.3) is 0 Å². The molecule has 10 heteroatoms. The van der Waals surface area contributed by atoms with Crippen LogP contribution in [0.1, 0.15) is 23.2 Å². The number of benzene rings is 1. The number of piperidine rings is 1. The number of rotatable bonds is 1. The number of alkyl halides is 3. The zero-order valence-electron chi connectivity index (χ0n) is 16.0. The van der Waals surface area contributed by atoms with Crippen molar-refractivity contribution >= 4 is 11.9 Å². The fourth-order valence-electron chi connectivity index (χ4n) is 3.64. The molecule has 0 radical (unpaired) electrons. The topological polar surface area (TPSA) is 70.1 Å². The standard InChI is InChI=1S/C17H23FN2O2.C2HF3O2/c1-19-9-10-22-13-17(11-19)7-4-8-20(12-17)16(21)14-5-2-3-6-15(14)18;3-2(4,5)1(6)7/h2-3,5-6H,4,7-13H2,1H3;(H,6,7). The molecule has 2 fully saturated rings. The molecule has 2 aliphatic heterocycles. The van der Waals surface area contributed by atoms with E-state index in [9.17, 15) is 22.4 Å². The van der Waals surface area contributed by atoms with Gasteiger partial charge in [-0.15, -0.1) is 0 Å². The zero-order valence-corrected chi connectivity index (χ0v) is 16.0. The van der Waals surface area contributed by atoms with Crippen molar-refractivity contribution in [1.29, 1.82) is 0 Å². The summed E-state index contributed by atoms with van der Waals surface area (Å²) in [6.45, 7) is 4.60. The van der Waals surface area contributed by atoms with Gasteiger partial charge in [-0.3, -0.25) is 4.79 Å². The monoisotopic (exact) mass is 420 g/mol. The molecule has 1 unspecified atom stereocenters. The Morgan fingerprint density at radius 2 is 1.83 bits per heavy atom. The highest BCUT2D eigenvalue weighted by molar-refractivity contribution is 5.94. The molecule has 2 heterocycles. The van der Waals surface area contributed by atoms with Crippen LogP contribution < -0.4 is 0 Å². The molecule has 2 aliphatic rings. The van der Waals surface area contributed by atoms with Crippen molar-refractivity contribution in [2.24, 2.45) is 5.41 Å². The molecule has 162 valence electrons. The maximum absolute atomic E-state index is 13.9. The second-order valence-electron chi connectivity index (χ2n) is 7.40. The maximum atomic E-state index is 13.9. The van der Waals surface area contributed by atoms with Crippen molar-refractivity contribution in [1.82, 2.24) is 9.80 Å². The number of aliphatic carboxylic acids is 1. The van der Waals surface area contributed by atoms with Gasteiger partial charge in [-0.1, -0.05) is 12.1 Å². The third kappa shape index (κ3) is 6.40. The van der Waals surface area contributed by atoms with Gasteiger partial charge in [-0.05, 0) is 32.0 Å². The molecule has 0 saturated carbocycles. The molecule has 1 aromatic carbocycles. The van der Waals surface area contributed by atoms with E-state index in [-0.39, 0.29) is 16.9 Å². The van der Waals surface area contributed by atoms with Crippen LogP contribution in [0, 0.1) is 11.2 Å². The van der Waals surface area contributed by atoms with Crippen LogP contribution in [0.3, 0.4) is 0 Å². The summed E-state index contributed by atoms with van der Waals surface area (Å²) in [5.74, 6) is -3.40. The number of nitrogens with zero attached hydrogens (tertiary/aromatic N) is 2. The van der Waals surface area contributed by atoms with Gasteiger partial charge in [0.1, 0.15) is 5.82 Å². The summed E-state index contributed by atoms with van der Waals surface area (Å²) in [5.41, 5.74) is 0.146.